The monoisotopic (exact) mass is 469 g/mol. The minimum absolute atomic E-state index is 0.0387. The summed E-state index contributed by atoms with van der Waals surface area (Å²) in [6.45, 7) is 2.16. The van der Waals surface area contributed by atoms with Crippen LogP contribution in [0.25, 0.3) is 0 Å². The second-order valence-electron chi connectivity index (χ2n) is 8.28. The molecule has 2 aliphatic heterocycles. The van der Waals surface area contributed by atoms with Crippen molar-refractivity contribution in [1.29, 1.82) is 0 Å². The zero-order valence-corrected chi connectivity index (χ0v) is 18.8. The van der Waals surface area contributed by atoms with Crippen molar-refractivity contribution in [2.24, 2.45) is 5.92 Å². The van der Waals surface area contributed by atoms with Gasteiger partial charge in [0.2, 0.25) is 5.91 Å². The lowest BCUT2D eigenvalue weighted by Crippen LogP contribution is -2.43. The molecule has 1 aromatic carbocycles. The fourth-order valence-corrected chi connectivity index (χ4v) is 4.93. The van der Waals surface area contributed by atoms with Gasteiger partial charge in [-0.25, -0.2) is 9.07 Å². The predicted molar refractivity (Wildman–Crippen MR) is 119 cm³/mol. The number of nitrogens with zero attached hydrogens (tertiary/aromatic N) is 4. The topological polar surface area (TPSA) is 89.4 Å². The van der Waals surface area contributed by atoms with Gasteiger partial charge in [0, 0.05) is 23.9 Å². The first kappa shape index (κ1) is 21.7. The van der Waals surface area contributed by atoms with Crippen LogP contribution in [0.1, 0.15) is 45.6 Å². The Morgan fingerprint density at radius 1 is 1.18 bits per heavy atom. The third kappa shape index (κ3) is 4.67. The number of ether oxygens (including phenoxy) is 1. The number of benzene rings is 1. The number of likely N-dealkylation sites (tertiary alicyclic amines) is 1. The molecule has 2 aliphatic rings. The molecule has 5 rings (SSSR count). The van der Waals surface area contributed by atoms with Gasteiger partial charge in [0.15, 0.2) is 5.69 Å². The molecule has 33 heavy (non-hydrogen) atoms. The van der Waals surface area contributed by atoms with E-state index in [9.17, 15) is 14.0 Å². The molecule has 0 bridgehead atoms. The van der Waals surface area contributed by atoms with Gasteiger partial charge in [-0.1, -0.05) is 23.4 Å². The van der Waals surface area contributed by atoms with Crippen LogP contribution in [0, 0.1) is 11.7 Å². The summed E-state index contributed by atoms with van der Waals surface area (Å²) in [5.74, 6) is -0.537. The van der Waals surface area contributed by atoms with Gasteiger partial charge in [-0.3, -0.25) is 9.59 Å². The summed E-state index contributed by atoms with van der Waals surface area (Å²) in [6.07, 6.45) is 0.967. The minimum atomic E-state index is -0.298. The van der Waals surface area contributed by atoms with Crippen molar-refractivity contribution in [3.8, 4) is 0 Å². The van der Waals surface area contributed by atoms with E-state index in [1.54, 1.807) is 33.1 Å². The van der Waals surface area contributed by atoms with Gasteiger partial charge < -0.3 is 15.0 Å². The Kier molecular flexibility index (Phi) is 6.19. The molecule has 1 atom stereocenters. The Morgan fingerprint density at radius 2 is 1.97 bits per heavy atom. The molecule has 1 fully saturated rings. The summed E-state index contributed by atoms with van der Waals surface area (Å²) in [5, 5.41) is 13.3. The standard InChI is InChI=1S/C23H24FN5O3S/c24-17-5-3-15(4-6-17)20-13-29-19(14-32-20)21(26-27-29)23(31)28-9-7-16(8-10-28)22(30)25-12-18-2-1-11-33-18/h1-6,11,16,20H,7-10,12-14H2,(H,25,30). The highest BCUT2D eigenvalue weighted by Gasteiger charge is 2.33. The number of fused-ring (bicyclic) bond motifs is 1. The summed E-state index contributed by atoms with van der Waals surface area (Å²) in [6, 6.07) is 10.1. The first-order valence-electron chi connectivity index (χ1n) is 11.0. The molecule has 3 aromatic rings. The van der Waals surface area contributed by atoms with E-state index in [0.29, 0.717) is 50.4 Å². The van der Waals surface area contributed by atoms with E-state index >= 15 is 0 Å². The van der Waals surface area contributed by atoms with Gasteiger partial charge in [-0.2, -0.15) is 0 Å². The molecule has 1 N–H and O–H groups in total. The third-order valence-electron chi connectivity index (χ3n) is 6.21. The molecule has 4 heterocycles. The number of halogens is 1. The molecule has 0 radical (unpaired) electrons. The SMILES string of the molecule is O=C(NCc1cccs1)C1CCN(C(=O)c2nnn3c2COC(c2ccc(F)cc2)C3)CC1. The Labute approximate surface area is 194 Å². The Bertz CT molecular complexity index is 1120. The molecule has 1 unspecified atom stereocenters. The van der Waals surface area contributed by atoms with Crippen LogP contribution in [0.3, 0.4) is 0 Å². The normalized spacial score (nSPS) is 18.7. The summed E-state index contributed by atoms with van der Waals surface area (Å²) in [4.78, 5) is 28.4. The maximum Gasteiger partial charge on any atom is 0.276 e. The number of amides is 2. The van der Waals surface area contributed by atoms with Gasteiger partial charge in [0.25, 0.3) is 5.91 Å². The van der Waals surface area contributed by atoms with Crippen molar-refractivity contribution in [3.63, 3.8) is 0 Å². The largest absolute Gasteiger partial charge is 0.365 e. The highest BCUT2D eigenvalue weighted by Crippen LogP contribution is 2.28. The summed E-state index contributed by atoms with van der Waals surface area (Å²) < 4.78 is 20.8. The molecule has 2 amide bonds. The number of carbonyl (C=O) groups excluding carboxylic acids is 2. The molecule has 0 spiro atoms. The molecule has 0 aliphatic carbocycles. The van der Waals surface area contributed by atoms with Crippen molar-refractivity contribution in [2.45, 2.75) is 38.6 Å². The number of nitrogens with one attached hydrogen (secondary N) is 1. The number of hydrogen-bond acceptors (Lipinski definition) is 6. The van der Waals surface area contributed by atoms with Crippen molar-refractivity contribution in [2.75, 3.05) is 13.1 Å². The lowest BCUT2D eigenvalue weighted by atomic mass is 9.95. The molecule has 10 heteroatoms. The zero-order chi connectivity index (χ0) is 22.8. The number of aromatic nitrogens is 3. The van der Waals surface area contributed by atoms with Crippen LogP contribution in [-0.2, 0) is 29.2 Å². The number of thiophene rings is 1. The lowest BCUT2D eigenvalue weighted by molar-refractivity contribution is -0.126. The number of piperidine rings is 1. The Balaban J connectivity index is 1.17. The number of carbonyl (C=O) groups is 2. The Hall–Kier alpha value is -3.11. The highest BCUT2D eigenvalue weighted by molar-refractivity contribution is 7.09. The molecular formula is C23H24FN5O3S. The van der Waals surface area contributed by atoms with Gasteiger partial charge in [0.1, 0.15) is 11.9 Å². The number of hydrogen-bond donors (Lipinski definition) is 1. The van der Waals surface area contributed by atoms with E-state index in [0.717, 1.165) is 10.4 Å². The fraction of sp³-hybridized carbons (Fsp3) is 0.391. The highest BCUT2D eigenvalue weighted by atomic mass is 32.1. The maximum absolute atomic E-state index is 13.2. The molecule has 172 valence electrons. The van der Waals surface area contributed by atoms with E-state index in [-0.39, 0.29) is 36.3 Å². The van der Waals surface area contributed by atoms with Crippen molar-refractivity contribution in [3.05, 3.63) is 69.4 Å². The first-order valence-corrected chi connectivity index (χ1v) is 11.9. The average molecular weight is 470 g/mol. The maximum atomic E-state index is 13.2. The summed E-state index contributed by atoms with van der Waals surface area (Å²) in [7, 11) is 0. The van der Waals surface area contributed by atoms with Crippen LogP contribution in [0.15, 0.2) is 41.8 Å². The molecule has 0 saturated carbocycles. The molecular weight excluding hydrogens is 445 g/mol. The van der Waals surface area contributed by atoms with Crippen LogP contribution < -0.4 is 5.32 Å². The van der Waals surface area contributed by atoms with Crippen LogP contribution >= 0.6 is 11.3 Å². The minimum Gasteiger partial charge on any atom is -0.365 e. The van der Waals surface area contributed by atoms with E-state index in [1.165, 1.54) is 12.1 Å². The van der Waals surface area contributed by atoms with Gasteiger partial charge in [-0.15, -0.1) is 16.4 Å². The molecule has 1 saturated heterocycles. The van der Waals surface area contributed by atoms with Crippen LogP contribution in [-0.4, -0.2) is 44.8 Å². The van der Waals surface area contributed by atoms with Crippen molar-refractivity contribution >= 4 is 23.2 Å². The van der Waals surface area contributed by atoms with Crippen LogP contribution in [0.2, 0.25) is 0 Å². The van der Waals surface area contributed by atoms with Crippen molar-refractivity contribution < 1.29 is 18.7 Å². The predicted octanol–water partition coefficient (Wildman–Crippen LogP) is 2.92. The second kappa shape index (κ2) is 9.40. The van der Waals surface area contributed by atoms with Gasteiger partial charge in [-0.05, 0) is 42.0 Å². The van der Waals surface area contributed by atoms with Gasteiger partial charge >= 0.3 is 0 Å². The van der Waals surface area contributed by atoms with E-state index in [4.69, 9.17) is 4.74 Å². The molecule has 8 nitrogen and oxygen atoms in total. The average Bonchev–Trinajstić information content (AvgIpc) is 3.52. The van der Waals surface area contributed by atoms with Gasteiger partial charge in [0.05, 0.1) is 25.4 Å². The fourth-order valence-electron chi connectivity index (χ4n) is 4.28. The second-order valence-corrected chi connectivity index (χ2v) is 9.31. The van der Waals surface area contributed by atoms with E-state index in [2.05, 4.69) is 15.6 Å². The smallest absolute Gasteiger partial charge is 0.276 e. The quantitative estimate of drug-likeness (QED) is 0.621. The summed E-state index contributed by atoms with van der Waals surface area (Å²) in [5.41, 5.74) is 1.80. The molecule has 2 aromatic heterocycles. The lowest BCUT2D eigenvalue weighted by Gasteiger charge is -2.31. The van der Waals surface area contributed by atoms with Crippen LogP contribution in [0.5, 0.6) is 0 Å². The van der Waals surface area contributed by atoms with Crippen LogP contribution in [0.4, 0.5) is 4.39 Å². The summed E-state index contributed by atoms with van der Waals surface area (Å²) >= 11 is 1.62. The number of rotatable bonds is 5. The first-order chi connectivity index (χ1) is 16.1. The Morgan fingerprint density at radius 3 is 2.70 bits per heavy atom. The van der Waals surface area contributed by atoms with E-state index < -0.39 is 0 Å². The zero-order valence-electron chi connectivity index (χ0n) is 17.9. The van der Waals surface area contributed by atoms with Crippen molar-refractivity contribution in [1.82, 2.24) is 25.2 Å². The third-order valence-corrected chi connectivity index (χ3v) is 7.09. The van der Waals surface area contributed by atoms with E-state index in [1.807, 2.05) is 17.5 Å².